The average molecular weight is 426 g/mol. The van der Waals surface area contributed by atoms with Gasteiger partial charge >= 0.3 is 0 Å². The van der Waals surface area contributed by atoms with Gasteiger partial charge in [-0.2, -0.15) is 0 Å². The number of hydrogen-bond acceptors (Lipinski definition) is 4. The molecule has 2 aliphatic heterocycles. The first-order valence-corrected chi connectivity index (χ1v) is 12.8. The van der Waals surface area contributed by atoms with Crippen LogP contribution in [0.15, 0.2) is 22.8 Å². The fourth-order valence-electron chi connectivity index (χ4n) is 8.93. The molecule has 0 aromatic carbocycles. The number of nitrogens with one attached hydrogen (secondary N) is 1. The highest BCUT2D eigenvalue weighted by atomic mass is 16.5. The SMILES string of the molecule is CC1=C2C(=O)[C@H]3[C@@H](CC=C4C[C@@H](O)CC[C@@]43C)[C@@H]2CC[C@@]12O[C@H]1C[C@H](C)CN[C@@H]1[C@H]2C. The number of hydrogen-bond donors (Lipinski definition) is 2. The summed E-state index contributed by atoms with van der Waals surface area (Å²) in [6, 6.07) is 0.410. The van der Waals surface area contributed by atoms with Crippen LogP contribution in [0.5, 0.6) is 0 Å². The highest BCUT2D eigenvalue weighted by Crippen LogP contribution is 2.63. The van der Waals surface area contributed by atoms with Gasteiger partial charge in [-0.3, -0.25) is 4.79 Å². The molecule has 4 heteroatoms. The lowest BCUT2D eigenvalue weighted by molar-refractivity contribution is -0.123. The van der Waals surface area contributed by atoms with Crippen molar-refractivity contribution >= 4 is 5.78 Å². The van der Waals surface area contributed by atoms with E-state index in [0.29, 0.717) is 35.5 Å². The summed E-state index contributed by atoms with van der Waals surface area (Å²) in [5.41, 5.74) is 3.43. The Morgan fingerprint density at radius 1 is 1.23 bits per heavy atom. The lowest BCUT2D eigenvalue weighted by atomic mass is 9.56. The molecule has 0 radical (unpaired) electrons. The van der Waals surface area contributed by atoms with Gasteiger partial charge in [0.1, 0.15) is 0 Å². The third kappa shape index (κ3) is 2.62. The van der Waals surface area contributed by atoms with Crippen molar-refractivity contribution in [3.63, 3.8) is 0 Å². The monoisotopic (exact) mass is 425 g/mol. The summed E-state index contributed by atoms with van der Waals surface area (Å²) in [6.07, 6.45) is 9.23. The third-order valence-electron chi connectivity index (χ3n) is 10.6. The van der Waals surface area contributed by atoms with Crippen molar-refractivity contribution < 1.29 is 14.6 Å². The van der Waals surface area contributed by atoms with Crippen molar-refractivity contribution in [1.82, 2.24) is 5.32 Å². The van der Waals surface area contributed by atoms with Crippen molar-refractivity contribution in [3.05, 3.63) is 22.8 Å². The van der Waals surface area contributed by atoms with Crippen LogP contribution >= 0.6 is 0 Å². The van der Waals surface area contributed by atoms with Gasteiger partial charge in [-0.05, 0) is 87.2 Å². The van der Waals surface area contributed by atoms with Gasteiger partial charge in [-0.1, -0.05) is 32.4 Å². The van der Waals surface area contributed by atoms with E-state index < -0.39 is 0 Å². The summed E-state index contributed by atoms with van der Waals surface area (Å²) in [4.78, 5) is 14.1. The molecule has 10 atom stereocenters. The predicted molar refractivity (Wildman–Crippen MR) is 120 cm³/mol. The molecule has 6 rings (SSSR count). The topological polar surface area (TPSA) is 58.6 Å². The number of Topliss-reactive ketones (excluding diaryl/α,β-unsaturated/α-hetero) is 1. The van der Waals surface area contributed by atoms with Gasteiger partial charge in [0.2, 0.25) is 0 Å². The van der Waals surface area contributed by atoms with Crippen molar-refractivity contribution in [2.24, 2.45) is 35.0 Å². The van der Waals surface area contributed by atoms with Crippen molar-refractivity contribution in [1.29, 1.82) is 0 Å². The molecule has 0 bridgehead atoms. The third-order valence-corrected chi connectivity index (χ3v) is 10.6. The minimum Gasteiger partial charge on any atom is -0.393 e. The molecule has 4 aliphatic carbocycles. The van der Waals surface area contributed by atoms with Gasteiger partial charge in [0.05, 0.1) is 17.8 Å². The highest BCUT2D eigenvalue weighted by molar-refractivity contribution is 6.02. The normalized spacial score (nSPS) is 53.7. The Morgan fingerprint density at radius 3 is 2.84 bits per heavy atom. The Morgan fingerprint density at radius 2 is 2.03 bits per heavy atom. The predicted octanol–water partition coefficient (Wildman–Crippen LogP) is 4.18. The number of fused-ring (bicyclic) bond motifs is 6. The molecule has 0 unspecified atom stereocenters. The molecule has 2 saturated heterocycles. The molecule has 2 saturated carbocycles. The van der Waals surface area contributed by atoms with Crippen molar-refractivity contribution in [2.45, 2.75) is 96.5 Å². The van der Waals surface area contributed by atoms with Gasteiger partial charge in [-0.15, -0.1) is 0 Å². The molecule has 4 nitrogen and oxygen atoms in total. The molecule has 0 aromatic rings. The second-order valence-corrected chi connectivity index (χ2v) is 12.1. The largest absolute Gasteiger partial charge is 0.393 e. The number of ether oxygens (including phenoxy) is 1. The van der Waals surface area contributed by atoms with Crippen LogP contribution in [0.4, 0.5) is 0 Å². The maximum atomic E-state index is 14.1. The Hall–Kier alpha value is -0.970. The minimum atomic E-state index is -0.263. The molecule has 1 spiro atoms. The van der Waals surface area contributed by atoms with Gasteiger partial charge in [0.25, 0.3) is 0 Å². The number of aliphatic hydroxyl groups is 1. The number of rotatable bonds is 0. The van der Waals surface area contributed by atoms with Crippen LogP contribution in [-0.4, -0.2) is 41.3 Å². The van der Waals surface area contributed by atoms with Crippen molar-refractivity contribution in [2.75, 3.05) is 6.54 Å². The standard InChI is InChI=1S/C27H39NO3/c1-14-11-21-24(28-13-14)16(3)27(31-21)10-8-19-20-6-5-17-12-18(29)7-9-26(17,4)23(20)25(30)22(19)15(27)2/h5,14,16,18-21,23-24,28-29H,6-13H2,1-4H3/t14-,16+,18-,19-,20-,21-,23+,24+,26-,27+/m0/s1. The van der Waals surface area contributed by atoms with E-state index in [1.807, 2.05) is 0 Å². The van der Waals surface area contributed by atoms with E-state index in [1.165, 1.54) is 11.1 Å². The summed E-state index contributed by atoms with van der Waals surface area (Å²) in [6.45, 7) is 10.3. The van der Waals surface area contributed by atoms with Crippen LogP contribution in [0.3, 0.4) is 0 Å². The Labute approximate surface area is 186 Å². The zero-order chi connectivity index (χ0) is 21.7. The first-order valence-electron chi connectivity index (χ1n) is 12.8. The highest BCUT2D eigenvalue weighted by Gasteiger charge is 2.63. The zero-order valence-corrected chi connectivity index (χ0v) is 19.6. The molecule has 6 aliphatic rings. The van der Waals surface area contributed by atoms with Crippen LogP contribution < -0.4 is 5.32 Å². The number of aliphatic hydroxyl groups excluding tert-OH is 1. The fraction of sp³-hybridized carbons (Fsp3) is 0.815. The van der Waals surface area contributed by atoms with E-state index in [9.17, 15) is 9.90 Å². The zero-order valence-electron chi connectivity index (χ0n) is 19.6. The lowest BCUT2D eigenvalue weighted by Gasteiger charge is -2.48. The number of carbonyl (C=O) groups is 1. The van der Waals surface area contributed by atoms with E-state index in [2.05, 4.69) is 39.1 Å². The number of allylic oxidation sites excluding steroid dienone is 2. The summed E-state index contributed by atoms with van der Waals surface area (Å²) in [7, 11) is 0. The maximum absolute atomic E-state index is 14.1. The van der Waals surface area contributed by atoms with E-state index in [-0.39, 0.29) is 29.1 Å². The van der Waals surface area contributed by atoms with Crippen molar-refractivity contribution in [3.8, 4) is 0 Å². The van der Waals surface area contributed by atoms with Gasteiger partial charge in [0, 0.05) is 23.5 Å². The summed E-state index contributed by atoms with van der Waals surface area (Å²) >= 11 is 0. The summed E-state index contributed by atoms with van der Waals surface area (Å²) < 4.78 is 6.93. The van der Waals surface area contributed by atoms with Crippen LogP contribution in [0.1, 0.15) is 72.6 Å². The molecule has 2 N–H and O–H groups in total. The van der Waals surface area contributed by atoms with Gasteiger partial charge in [-0.25, -0.2) is 0 Å². The smallest absolute Gasteiger partial charge is 0.163 e. The first kappa shape index (κ1) is 20.6. The molecular weight excluding hydrogens is 386 g/mol. The summed E-state index contributed by atoms with van der Waals surface area (Å²) in [5, 5.41) is 14.0. The van der Waals surface area contributed by atoms with Crippen LogP contribution in [0.25, 0.3) is 0 Å². The second kappa shape index (κ2) is 6.77. The molecule has 31 heavy (non-hydrogen) atoms. The lowest BCUT2D eigenvalue weighted by Crippen LogP contribution is -2.49. The van der Waals surface area contributed by atoms with Gasteiger partial charge in [0.15, 0.2) is 5.78 Å². The molecule has 170 valence electrons. The van der Waals surface area contributed by atoms with E-state index in [1.54, 1.807) is 0 Å². The fourth-order valence-corrected chi connectivity index (χ4v) is 8.93. The number of carbonyl (C=O) groups excluding carboxylic acids is 1. The Bertz CT molecular complexity index is 876. The van der Waals surface area contributed by atoms with Crippen LogP contribution in [0, 0.1) is 35.0 Å². The number of ketones is 1. The van der Waals surface area contributed by atoms with E-state index in [0.717, 1.165) is 57.1 Å². The quantitative estimate of drug-likeness (QED) is 0.572. The molecule has 4 fully saturated rings. The second-order valence-electron chi connectivity index (χ2n) is 12.1. The van der Waals surface area contributed by atoms with Crippen LogP contribution in [0.2, 0.25) is 0 Å². The number of piperidine rings is 1. The first-order chi connectivity index (χ1) is 14.8. The van der Waals surface area contributed by atoms with E-state index in [4.69, 9.17) is 4.74 Å². The maximum Gasteiger partial charge on any atom is 0.163 e. The molecular formula is C27H39NO3. The Balaban J connectivity index is 1.39. The Kier molecular flexibility index (Phi) is 4.51. The van der Waals surface area contributed by atoms with Gasteiger partial charge < -0.3 is 15.2 Å². The minimum absolute atomic E-state index is 0.0653. The molecule has 0 amide bonds. The molecule has 0 aromatic heterocycles. The average Bonchev–Trinajstić information content (AvgIpc) is 3.18. The van der Waals surface area contributed by atoms with Crippen LogP contribution in [-0.2, 0) is 9.53 Å². The molecule has 2 heterocycles. The summed E-state index contributed by atoms with van der Waals surface area (Å²) in [5.74, 6) is 2.41. The van der Waals surface area contributed by atoms with E-state index >= 15 is 0 Å².